The zero-order valence-corrected chi connectivity index (χ0v) is 25.7. The lowest BCUT2D eigenvalue weighted by molar-refractivity contribution is 0.0118. The molecule has 44 heavy (non-hydrogen) atoms. The first-order chi connectivity index (χ1) is 21.3. The Morgan fingerprint density at radius 2 is 1.59 bits per heavy atom. The van der Waals surface area contributed by atoms with Gasteiger partial charge in [-0.05, 0) is 66.3 Å². The Labute approximate surface area is 262 Å². The van der Waals surface area contributed by atoms with Crippen molar-refractivity contribution in [2.45, 2.75) is 50.1 Å². The average molecular weight is 617 g/mol. The van der Waals surface area contributed by atoms with Crippen molar-refractivity contribution in [3.63, 3.8) is 0 Å². The third-order valence-corrected chi connectivity index (χ3v) is 9.17. The molecule has 1 heterocycles. The Morgan fingerprint density at radius 3 is 2.20 bits per heavy atom. The summed E-state index contributed by atoms with van der Waals surface area (Å²) in [5, 5.41) is 33.1. The minimum absolute atomic E-state index is 0.0584. The van der Waals surface area contributed by atoms with Gasteiger partial charge >= 0.3 is 5.97 Å². The summed E-state index contributed by atoms with van der Waals surface area (Å²) in [7, 11) is 1.90. The van der Waals surface area contributed by atoms with Crippen LogP contribution >= 0.6 is 11.3 Å². The maximum atomic E-state index is 11.2. The molecule has 1 aliphatic carbocycles. The summed E-state index contributed by atoms with van der Waals surface area (Å²) in [6.45, 7) is -0.409. The fraction of sp³-hybridized carbons (Fsp3) is 0.353. The monoisotopic (exact) mass is 616 g/mol. The van der Waals surface area contributed by atoms with Crippen molar-refractivity contribution in [3.05, 3.63) is 94.9 Å². The number of hydroxylamine groups is 1. The fourth-order valence-electron chi connectivity index (χ4n) is 5.34. The molecule has 1 fully saturated rings. The number of aliphatic hydroxyl groups excluding tert-OH is 2. The molecule has 232 valence electrons. The molecular weight excluding hydrogens is 576 g/mol. The predicted molar refractivity (Wildman–Crippen MR) is 175 cm³/mol. The molecule has 4 aromatic rings. The topological polar surface area (TPSA) is 132 Å². The molecule has 0 unspecified atom stereocenters. The smallest absolute Gasteiger partial charge is 0.335 e. The normalized spacial score (nSPS) is 14.0. The van der Waals surface area contributed by atoms with Crippen LogP contribution in [0.2, 0.25) is 0 Å². The van der Waals surface area contributed by atoms with Crippen LogP contribution in [-0.4, -0.2) is 58.7 Å². The third-order valence-electron chi connectivity index (χ3n) is 8.25. The first kappa shape index (κ1) is 31.6. The highest BCUT2D eigenvalue weighted by Gasteiger charge is 2.26. The van der Waals surface area contributed by atoms with E-state index in [4.69, 9.17) is 15.6 Å². The summed E-state index contributed by atoms with van der Waals surface area (Å²) in [4.78, 5) is 24.0. The number of rotatable bonds is 13. The maximum absolute atomic E-state index is 11.2. The van der Waals surface area contributed by atoms with E-state index in [-0.39, 0.29) is 12.2 Å². The molecule has 0 radical (unpaired) electrons. The van der Waals surface area contributed by atoms with Crippen LogP contribution in [0.1, 0.15) is 59.5 Å². The molecule has 0 aliphatic heterocycles. The summed E-state index contributed by atoms with van der Waals surface area (Å²) >= 11 is 1.50. The zero-order chi connectivity index (χ0) is 31.1. The predicted octanol–water partition coefficient (Wildman–Crippen LogP) is 5.94. The van der Waals surface area contributed by atoms with Crippen molar-refractivity contribution < 1.29 is 25.0 Å². The molecule has 5 rings (SSSR count). The number of aliphatic hydroxyl groups is 2. The van der Waals surface area contributed by atoms with Gasteiger partial charge in [-0.2, -0.15) is 0 Å². The van der Waals surface area contributed by atoms with Crippen molar-refractivity contribution in [1.29, 1.82) is 0 Å². The lowest BCUT2D eigenvalue weighted by Gasteiger charge is -2.30. The maximum Gasteiger partial charge on any atom is 0.335 e. The molecule has 1 saturated carbocycles. The molecule has 0 saturated heterocycles. The van der Waals surface area contributed by atoms with Crippen LogP contribution in [0.25, 0.3) is 11.3 Å². The van der Waals surface area contributed by atoms with Gasteiger partial charge in [-0.1, -0.05) is 55.7 Å². The van der Waals surface area contributed by atoms with Gasteiger partial charge in [0.15, 0.2) is 5.13 Å². The van der Waals surface area contributed by atoms with E-state index in [9.17, 15) is 20.1 Å². The van der Waals surface area contributed by atoms with Gasteiger partial charge in [0.2, 0.25) is 0 Å². The Kier molecular flexibility index (Phi) is 10.3. The van der Waals surface area contributed by atoms with E-state index in [0.717, 1.165) is 33.3 Å². The van der Waals surface area contributed by atoms with E-state index in [0.29, 0.717) is 12.5 Å². The SMILES string of the molecule is CN(c1ccc(C(=O)O)cc1)c1nc(-c2ccc(N(Cc3ccc(C4CCCCC4)cc3)OCC(N)(CO)CO)cc2)cs1. The van der Waals surface area contributed by atoms with Crippen molar-refractivity contribution in [3.8, 4) is 11.3 Å². The summed E-state index contributed by atoms with van der Waals surface area (Å²) in [5.74, 6) is -0.326. The highest BCUT2D eigenvalue weighted by atomic mass is 32.1. The molecule has 0 atom stereocenters. The van der Waals surface area contributed by atoms with Crippen LogP contribution in [0.4, 0.5) is 16.5 Å². The number of thiazole rings is 1. The Morgan fingerprint density at radius 1 is 0.955 bits per heavy atom. The number of anilines is 3. The molecule has 1 aromatic heterocycles. The van der Waals surface area contributed by atoms with Crippen molar-refractivity contribution in [2.75, 3.05) is 36.8 Å². The van der Waals surface area contributed by atoms with Gasteiger partial charge in [0, 0.05) is 23.7 Å². The Balaban J connectivity index is 1.31. The van der Waals surface area contributed by atoms with Gasteiger partial charge in [0.1, 0.15) is 0 Å². The zero-order valence-electron chi connectivity index (χ0n) is 24.9. The van der Waals surface area contributed by atoms with Crippen LogP contribution in [0.5, 0.6) is 0 Å². The number of carbonyl (C=O) groups is 1. The van der Waals surface area contributed by atoms with E-state index in [1.54, 1.807) is 29.3 Å². The lowest BCUT2D eigenvalue weighted by atomic mass is 9.84. The number of aromatic nitrogens is 1. The Bertz CT molecular complexity index is 1500. The van der Waals surface area contributed by atoms with Gasteiger partial charge in [0.05, 0.1) is 48.8 Å². The summed E-state index contributed by atoms with van der Waals surface area (Å²) in [5.41, 5.74) is 10.9. The number of nitrogens with zero attached hydrogens (tertiary/aromatic N) is 3. The molecule has 9 nitrogen and oxygen atoms in total. The van der Waals surface area contributed by atoms with Crippen molar-refractivity contribution >= 4 is 33.8 Å². The third kappa shape index (κ3) is 7.64. The lowest BCUT2D eigenvalue weighted by Crippen LogP contribution is -2.52. The number of hydrogen-bond acceptors (Lipinski definition) is 9. The second-order valence-corrected chi connectivity index (χ2v) is 12.4. The van der Waals surface area contributed by atoms with Crippen LogP contribution in [0.3, 0.4) is 0 Å². The fourth-order valence-corrected chi connectivity index (χ4v) is 6.16. The van der Waals surface area contributed by atoms with E-state index in [2.05, 4.69) is 24.3 Å². The van der Waals surface area contributed by atoms with Gasteiger partial charge in [0.25, 0.3) is 0 Å². The summed E-state index contributed by atoms with van der Waals surface area (Å²) in [6.07, 6.45) is 6.41. The van der Waals surface area contributed by atoms with Crippen LogP contribution in [0.15, 0.2) is 78.2 Å². The molecule has 0 amide bonds. The second kappa shape index (κ2) is 14.3. The van der Waals surface area contributed by atoms with Crippen LogP contribution in [0, 0.1) is 0 Å². The second-order valence-electron chi connectivity index (χ2n) is 11.5. The number of benzene rings is 3. The molecule has 0 spiro atoms. The minimum atomic E-state index is -1.26. The Hall–Kier alpha value is -3.80. The number of aromatic carboxylic acids is 1. The van der Waals surface area contributed by atoms with Gasteiger partial charge in [-0.15, -0.1) is 11.3 Å². The number of carboxylic acid groups (broad SMARTS) is 1. The molecule has 5 N–H and O–H groups in total. The standard InChI is InChI=1S/C34H40N4O5S/c1-37(29-15-13-28(14-16-29)32(41)42)33-36-31(20-44-33)27-11-17-30(18-12-27)38(43-23-34(35,21-39)22-40)19-24-7-9-26(10-8-24)25-5-3-2-4-6-25/h7-18,20,25,39-40H,2-6,19,21-23,35H2,1H3,(H,41,42). The molecule has 10 heteroatoms. The number of nitrogens with two attached hydrogens (primary N) is 1. The first-order valence-corrected chi connectivity index (χ1v) is 15.8. The van der Waals surface area contributed by atoms with Crippen LogP contribution in [-0.2, 0) is 11.4 Å². The van der Waals surface area contributed by atoms with Gasteiger partial charge < -0.3 is 26.0 Å². The minimum Gasteiger partial charge on any atom is -0.478 e. The molecule has 3 aromatic carbocycles. The molecule has 1 aliphatic rings. The van der Waals surface area contributed by atoms with Gasteiger partial charge in [-0.25, -0.2) is 14.8 Å². The first-order valence-electron chi connectivity index (χ1n) is 14.9. The number of carboxylic acids is 1. The highest BCUT2D eigenvalue weighted by molar-refractivity contribution is 7.14. The number of hydrogen-bond donors (Lipinski definition) is 4. The molecular formula is C34H40N4O5S. The quantitative estimate of drug-likeness (QED) is 0.135. The van der Waals surface area contributed by atoms with Gasteiger partial charge in [-0.3, -0.25) is 4.84 Å². The van der Waals surface area contributed by atoms with E-state index >= 15 is 0 Å². The summed E-state index contributed by atoms with van der Waals surface area (Å²) in [6, 6.07) is 23.3. The van der Waals surface area contributed by atoms with Crippen LogP contribution < -0.4 is 15.7 Å². The van der Waals surface area contributed by atoms with E-state index in [1.165, 1.54) is 49.0 Å². The highest BCUT2D eigenvalue weighted by Crippen LogP contribution is 2.34. The largest absolute Gasteiger partial charge is 0.478 e. The van der Waals surface area contributed by atoms with Crippen molar-refractivity contribution in [1.82, 2.24) is 4.98 Å². The van der Waals surface area contributed by atoms with Crippen molar-refractivity contribution in [2.24, 2.45) is 5.73 Å². The summed E-state index contributed by atoms with van der Waals surface area (Å²) < 4.78 is 0. The molecule has 0 bridgehead atoms. The van der Waals surface area contributed by atoms with E-state index < -0.39 is 24.7 Å². The average Bonchev–Trinajstić information content (AvgIpc) is 3.57. The van der Waals surface area contributed by atoms with E-state index in [1.807, 2.05) is 41.6 Å².